The minimum Gasteiger partial charge on any atom is -0.507 e. The number of anilines is 1. The van der Waals surface area contributed by atoms with Gasteiger partial charge in [0.05, 0.1) is 0 Å². The van der Waals surface area contributed by atoms with E-state index in [4.69, 9.17) is 5.11 Å². The fourth-order valence-electron chi connectivity index (χ4n) is 2.58. The standard InChI is InChI=1S/C20H23NO4/c1-13(2)11-15-5-3-14(4-6-15)7-10-19(23)21-16-8-9-18(22)17(12-16)20(24)25/h3-6,8-9,12-13,22H,7,10-11H2,1-2H3,(H,21,23)(H,24,25). The van der Waals surface area contributed by atoms with Gasteiger partial charge in [-0.15, -0.1) is 0 Å². The number of aromatic carboxylic acids is 1. The van der Waals surface area contributed by atoms with E-state index in [9.17, 15) is 14.7 Å². The van der Waals surface area contributed by atoms with Crippen LogP contribution in [0.2, 0.25) is 0 Å². The molecule has 0 heterocycles. The zero-order valence-corrected chi connectivity index (χ0v) is 14.5. The third kappa shape index (κ3) is 5.64. The van der Waals surface area contributed by atoms with Gasteiger partial charge in [-0.25, -0.2) is 4.79 Å². The van der Waals surface area contributed by atoms with Crippen molar-refractivity contribution in [3.05, 3.63) is 59.2 Å². The molecule has 0 fully saturated rings. The average Bonchev–Trinajstić information content (AvgIpc) is 2.55. The van der Waals surface area contributed by atoms with E-state index in [1.165, 1.54) is 23.8 Å². The van der Waals surface area contributed by atoms with E-state index in [2.05, 4.69) is 31.3 Å². The van der Waals surface area contributed by atoms with Crippen LogP contribution in [0.25, 0.3) is 0 Å². The van der Waals surface area contributed by atoms with E-state index in [0.717, 1.165) is 12.0 Å². The minimum absolute atomic E-state index is 0.201. The Morgan fingerprint density at radius 1 is 1.04 bits per heavy atom. The zero-order valence-electron chi connectivity index (χ0n) is 14.5. The van der Waals surface area contributed by atoms with E-state index in [1.807, 2.05) is 12.1 Å². The molecule has 0 aliphatic heterocycles. The molecule has 132 valence electrons. The first kappa shape index (κ1) is 18.5. The molecule has 2 aromatic carbocycles. The molecule has 2 aromatic rings. The number of amides is 1. The molecule has 2 rings (SSSR count). The molecule has 5 nitrogen and oxygen atoms in total. The molecule has 0 spiro atoms. The number of carboxylic acid groups (broad SMARTS) is 1. The van der Waals surface area contributed by atoms with Crippen molar-refractivity contribution in [3.63, 3.8) is 0 Å². The summed E-state index contributed by atoms with van der Waals surface area (Å²) in [6.45, 7) is 4.36. The number of carboxylic acids is 1. The molecule has 1 amide bonds. The number of nitrogens with one attached hydrogen (secondary N) is 1. The molecule has 0 atom stereocenters. The van der Waals surface area contributed by atoms with E-state index in [-0.39, 0.29) is 17.2 Å². The van der Waals surface area contributed by atoms with Crippen molar-refractivity contribution in [2.45, 2.75) is 33.1 Å². The van der Waals surface area contributed by atoms with Crippen LogP contribution < -0.4 is 5.32 Å². The largest absolute Gasteiger partial charge is 0.507 e. The van der Waals surface area contributed by atoms with Crippen LogP contribution in [0, 0.1) is 5.92 Å². The predicted octanol–water partition coefficient (Wildman–Crippen LogP) is 3.86. The highest BCUT2D eigenvalue weighted by atomic mass is 16.4. The van der Waals surface area contributed by atoms with Crippen molar-refractivity contribution in [3.8, 4) is 5.75 Å². The van der Waals surface area contributed by atoms with E-state index >= 15 is 0 Å². The second-order valence-corrected chi connectivity index (χ2v) is 6.50. The fraction of sp³-hybridized carbons (Fsp3) is 0.300. The van der Waals surface area contributed by atoms with Crippen LogP contribution in [0.4, 0.5) is 5.69 Å². The lowest BCUT2D eigenvalue weighted by atomic mass is 10.0. The van der Waals surface area contributed by atoms with Crippen LogP contribution in [-0.4, -0.2) is 22.1 Å². The molecule has 0 saturated heterocycles. The number of carbonyl (C=O) groups excluding carboxylic acids is 1. The quantitative estimate of drug-likeness (QED) is 0.667. The van der Waals surface area contributed by atoms with Crippen LogP contribution in [0.15, 0.2) is 42.5 Å². The van der Waals surface area contributed by atoms with Crippen LogP contribution in [0.1, 0.15) is 41.8 Å². The van der Waals surface area contributed by atoms with Crippen LogP contribution in [0.3, 0.4) is 0 Å². The van der Waals surface area contributed by atoms with Gasteiger partial charge in [-0.05, 0) is 48.1 Å². The molecule has 0 aliphatic rings. The van der Waals surface area contributed by atoms with Crippen molar-refractivity contribution in [1.82, 2.24) is 0 Å². The van der Waals surface area contributed by atoms with Gasteiger partial charge in [-0.1, -0.05) is 38.1 Å². The lowest BCUT2D eigenvalue weighted by molar-refractivity contribution is -0.116. The summed E-state index contributed by atoms with van der Waals surface area (Å²) >= 11 is 0. The smallest absolute Gasteiger partial charge is 0.339 e. The first-order valence-electron chi connectivity index (χ1n) is 8.29. The molecule has 25 heavy (non-hydrogen) atoms. The highest BCUT2D eigenvalue weighted by Gasteiger charge is 2.11. The second-order valence-electron chi connectivity index (χ2n) is 6.50. The van der Waals surface area contributed by atoms with Crippen molar-refractivity contribution in [1.29, 1.82) is 0 Å². The SMILES string of the molecule is CC(C)Cc1ccc(CCC(=O)Nc2ccc(O)c(C(=O)O)c2)cc1. The molecule has 0 aromatic heterocycles. The highest BCUT2D eigenvalue weighted by molar-refractivity contribution is 5.95. The normalized spacial score (nSPS) is 10.7. The molecule has 3 N–H and O–H groups in total. The Balaban J connectivity index is 1.90. The molecular formula is C20H23NO4. The summed E-state index contributed by atoms with van der Waals surface area (Å²) in [6, 6.07) is 12.2. The van der Waals surface area contributed by atoms with Gasteiger partial charge in [0.25, 0.3) is 0 Å². The third-order valence-electron chi connectivity index (χ3n) is 3.82. The van der Waals surface area contributed by atoms with Gasteiger partial charge in [0.2, 0.25) is 5.91 Å². The van der Waals surface area contributed by atoms with Crippen LogP contribution in [-0.2, 0) is 17.6 Å². The molecular weight excluding hydrogens is 318 g/mol. The van der Waals surface area contributed by atoms with Crippen LogP contribution in [0.5, 0.6) is 5.75 Å². The molecule has 0 bridgehead atoms. The van der Waals surface area contributed by atoms with Gasteiger partial charge in [-0.2, -0.15) is 0 Å². The van der Waals surface area contributed by atoms with Crippen molar-refractivity contribution in [2.75, 3.05) is 5.32 Å². The Bertz CT molecular complexity index is 751. The summed E-state index contributed by atoms with van der Waals surface area (Å²) < 4.78 is 0. The van der Waals surface area contributed by atoms with E-state index in [1.54, 1.807) is 0 Å². The average molecular weight is 341 g/mol. The van der Waals surface area contributed by atoms with Gasteiger partial charge >= 0.3 is 5.97 Å². The van der Waals surface area contributed by atoms with Crippen molar-refractivity contribution < 1.29 is 19.8 Å². The van der Waals surface area contributed by atoms with Gasteiger partial charge in [0.15, 0.2) is 0 Å². The number of aryl methyl sites for hydroxylation is 1. The molecule has 0 aliphatic carbocycles. The maximum absolute atomic E-state index is 12.0. The van der Waals surface area contributed by atoms with E-state index in [0.29, 0.717) is 24.4 Å². The Morgan fingerprint density at radius 2 is 1.68 bits per heavy atom. The first-order chi connectivity index (χ1) is 11.8. The number of aromatic hydroxyl groups is 1. The van der Waals surface area contributed by atoms with Gasteiger partial charge < -0.3 is 15.5 Å². The maximum atomic E-state index is 12.0. The first-order valence-corrected chi connectivity index (χ1v) is 8.29. The Labute approximate surface area is 147 Å². The number of hydrogen-bond donors (Lipinski definition) is 3. The zero-order chi connectivity index (χ0) is 18.4. The fourth-order valence-corrected chi connectivity index (χ4v) is 2.58. The second kappa shape index (κ2) is 8.33. The monoisotopic (exact) mass is 341 g/mol. The third-order valence-corrected chi connectivity index (χ3v) is 3.82. The Kier molecular flexibility index (Phi) is 6.17. The van der Waals surface area contributed by atoms with Gasteiger partial charge in [0.1, 0.15) is 11.3 Å². The number of phenols is 1. The molecule has 0 unspecified atom stereocenters. The topological polar surface area (TPSA) is 86.6 Å². The predicted molar refractivity (Wildman–Crippen MR) is 97.0 cm³/mol. The summed E-state index contributed by atoms with van der Waals surface area (Å²) in [5.41, 5.74) is 2.49. The molecule has 5 heteroatoms. The van der Waals surface area contributed by atoms with Gasteiger partial charge in [0, 0.05) is 12.1 Å². The summed E-state index contributed by atoms with van der Waals surface area (Å²) in [5.74, 6) is -1.16. The molecule has 0 saturated carbocycles. The van der Waals surface area contributed by atoms with Crippen LogP contribution >= 0.6 is 0 Å². The molecule has 0 radical (unpaired) electrons. The minimum atomic E-state index is -1.24. The maximum Gasteiger partial charge on any atom is 0.339 e. The van der Waals surface area contributed by atoms with Crippen molar-refractivity contribution >= 4 is 17.6 Å². The lowest BCUT2D eigenvalue weighted by Crippen LogP contribution is -2.13. The lowest BCUT2D eigenvalue weighted by Gasteiger charge is -2.08. The number of carbonyl (C=O) groups is 2. The summed E-state index contributed by atoms with van der Waals surface area (Å²) in [6.07, 6.45) is 1.94. The Hall–Kier alpha value is -2.82. The van der Waals surface area contributed by atoms with Gasteiger partial charge in [-0.3, -0.25) is 4.79 Å². The Morgan fingerprint density at radius 3 is 2.28 bits per heavy atom. The van der Waals surface area contributed by atoms with Crippen molar-refractivity contribution in [2.24, 2.45) is 5.92 Å². The summed E-state index contributed by atoms with van der Waals surface area (Å²) in [5, 5.41) is 21.1. The number of benzene rings is 2. The number of rotatable bonds is 7. The van der Waals surface area contributed by atoms with E-state index < -0.39 is 5.97 Å². The number of hydrogen-bond acceptors (Lipinski definition) is 3. The summed E-state index contributed by atoms with van der Waals surface area (Å²) in [7, 11) is 0. The summed E-state index contributed by atoms with van der Waals surface area (Å²) in [4.78, 5) is 23.0. The highest BCUT2D eigenvalue weighted by Crippen LogP contribution is 2.21.